The van der Waals surface area contributed by atoms with Gasteiger partial charge in [0.2, 0.25) is 5.13 Å². The summed E-state index contributed by atoms with van der Waals surface area (Å²) in [6.07, 6.45) is 7.50. The van der Waals surface area contributed by atoms with Crippen LogP contribution in [-0.2, 0) is 0 Å². The van der Waals surface area contributed by atoms with Crippen molar-refractivity contribution in [3.63, 3.8) is 0 Å². The van der Waals surface area contributed by atoms with Crippen molar-refractivity contribution in [2.24, 2.45) is 0 Å². The third kappa shape index (κ3) is 2.13. The fourth-order valence-corrected chi connectivity index (χ4v) is 3.27. The van der Waals surface area contributed by atoms with E-state index in [2.05, 4.69) is 21.8 Å². The Morgan fingerprint density at radius 1 is 1.47 bits per heavy atom. The van der Waals surface area contributed by atoms with Crippen LogP contribution in [0.15, 0.2) is 0 Å². The van der Waals surface area contributed by atoms with Gasteiger partial charge in [-0.05, 0) is 31.9 Å². The number of hydrogen-bond acceptors (Lipinski definition) is 5. The molecule has 1 N–H and O–H groups in total. The molecule has 15 heavy (non-hydrogen) atoms. The lowest BCUT2D eigenvalue weighted by atomic mass is 10.4. The predicted octanol–water partition coefficient (Wildman–Crippen LogP) is 2.72. The van der Waals surface area contributed by atoms with Gasteiger partial charge >= 0.3 is 0 Å². The zero-order chi connectivity index (χ0) is 10.3. The van der Waals surface area contributed by atoms with E-state index in [1.54, 1.807) is 11.3 Å². The summed E-state index contributed by atoms with van der Waals surface area (Å²) in [4.78, 5) is 0. The summed E-state index contributed by atoms with van der Waals surface area (Å²) in [5.74, 6) is 0.730. The van der Waals surface area contributed by atoms with Crippen molar-refractivity contribution in [3.8, 4) is 0 Å². The zero-order valence-corrected chi connectivity index (χ0v) is 10.5. The first-order valence-electron chi connectivity index (χ1n) is 5.44. The summed E-state index contributed by atoms with van der Waals surface area (Å²) >= 11 is 3.72. The van der Waals surface area contributed by atoms with Crippen LogP contribution in [0.4, 0.5) is 5.13 Å². The number of aromatic nitrogens is 2. The summed E-state index contributed by atoms with van der Waals surface area (Å²) in [6.45, 7) is 1.05. The van der Waals surface area contributed by atoms with Crippen LogP contribution in [0.25, 0.3) is 0 Å². The molecule has 1 aromatic heterocycles. The molecule has 0 spiro atoms. The molecule has 3 rings (SSSR count). The van der Waals surface area contributed by atoms with Crippen LogP contribution in [0.2, 0.25) is 0 Å². The van der Waals surface area contributed by atoms with E-state index in [0.29, 0.717) is 4.75 Å². The summed E-state index contributed by atoms with van der Waals surface area (Å²) in [5.41, 5.74) is 0. The Morgan fingerprint density at radius 3 is 2.87 bits per heavy atom. The fraction of sp³-hybridized carbons (Fsp3) is 0.800. The van der Waals surface area contributed by atoms with Crippen molar-refractivity contribution in [2.45, 2.75) is 36.3 Å². The maximum atomic E-state index is 4.22. The number of nitrogens with zero attached hydrogens (tertiary/aromatic N) is 2. The predicted molar refractivity (Wildman–Crippen MR) is 65.9 cm³/mol. The lowest BCUT2D eigenvalue weighted by Crippen LogP contribution is -2.17. The van der Waals surface area contributed by atoms with Crippen molar-refractivity contribution in [3.05, 3.63) is 5.01 Å². The van der Waals surface area contributed by atoms with Gasteiger partial charge in [0.25, 0.3) is 0 Å². The average Bonchev–Trinajstić information content (AvgIpc) is 3.17. The molecule has 0 bridgehead atoms. The van der Waals surface area contributed by atoms with Gasteiger partial charge in [0, 0.05) is 17.2 Å². The maximum Gasteiger partial charge on any atom is 0.205 e. The second-order valence-electron chi connectivity index (χ2n) is 4.46. The van der Waals surface area contributed by atoms with Gasteiger partial charge in [0.15, 0.2) is 0 Å². The minimum absolute atomic E-state index is 0.505. The van der Waals surface area contributed by atoms with E-state index in [1.165, 1.54) is 30.7 Å². The zero-order valence-electron chi connectivity index (χ0n) is 8.82. The van der Waals surface area contributed by atoms with E-state index >= 15 is 0 Å². The van der Waals surface area contributed by atoms with Gasteiger partial charge in [-0.15, -0.1) is 10.2 Å². The molecule has 2 saturated carbocycles. The minimum Gasteiger partial charge on any atom is -0.359 e. The van der Waals surface area contributed by atoms with Crippen molar-refractivity contribution < 1.29 is 0 Å². The highest BCUT2D eigenvalue weighted by Crippen LogP contribution is 2.47. The van der Waals surface area contributed by atoms with E-state index in [4.69, 9.17) is 0 Å². The molecular weight excluding hydrogens is 226 g/mol. The monoisotopic (exact) mass is 241 g/mol. The molecular formula is C10H15N3S2. The number of thioether (sulfide) groups is 1. The van der Waals surface area contributed by atoms with Crippen molar-refractivity contribution in [1.82, 2.24) is 10.2 Å². The summed E-state index contributed by atoms with van der Waals surface area (Å²) < 4.78 is 0.505. The normalized spacial score (nSPS) is 22.7. The van der Waals surface area contributed by atoms with Crippen molar-refractivity contribution >= 4 is 28.2 Å². The second-order valence-corrected chi connectivity index (χ2v) is 6.74. The standard InChI is InChI=1S/C10H15N3S2/c1-14-10(4-5-10)6-11-9-13-12-8(15-9)7-2-3-7/h7H,2-6H2,1H3,(H,11,13). The van der Waals surface area contributed by atoms with E-state index in [-0.39, 0.29) is 0 Å². The first-order valence-corrected chi connectivity index (χ1v) is 7.48. The Balaban J connectivity index is 1.57. The lowest BCUT2D eigenvalue weighted by Gasteiger charge is -2.11. The minimum atomic E-state index is 0.505. The third-order valence-electron chi connectivity index (χ3n) is 3.17. The molecule has 5 heteroatoms. The molecule has 0 unspecified atom stereocenters. The van der Waals surface area contributed by atoms with Gasteiger partial charge in [0.1, 0.15) is 5.01 Å². The molecule has 0 aromatic carbocycles. The van der Waals surface area contributed by atoms with E-state index in [1.807, 2.05) is 11.8 Å². The first kappa shape index (κ1) is 9.90. The molecule has 0 atom stereocenters. The number of rotatable bonds is 5. The Labute approximate surface area is 98.1 Å². The molecule has 82 valence electrons. The number of anilines is 1. The summed E-state index contributed by atoms with van der Waals surface area (Å²) in [6, 6.07) is 0. The quantitative estimate of drug-likeness (QED) is 0.860. The van der Waals surface area contributed by atoms with Crippen LogP contribution in [0, 0.1) is 0 Å². The number of nitrogens with one attached hydrogen (secondary N) is 1. The van der Waals surface area contributed by atoms with Crippen LogP contribution in [0.5, 0.6) is 0 Å². The van der Waals surface area contributed by atoms with Gasteiger partial charge in [-0.25, -0.2) is 0 Å². The topological polar surface area (TPSA) is 37.8 Å². The molecule has 0 amide bonds. The van der Waals surface area contributed by atoms with Crippen LogP contribution in [0.1, 0.15) is 36.6 Å². The van der Waals surface area contributed by atoms with Gasteiger partial charge in [-0.2, -0.15) is 11.8 Å². The Bertz CT molecular complexity index is 355. The highest BCUT2D eigenvalue weighted by Gasteiger charge is 2.41. The van der Waals surface area contributed by atoms with Gasteiger partial charge < -0.3 is 5.32 Å². The van der Waals surface area contributed by atoms with Crippen molar-refractivity contribution in [2.75, 3.05) is 18.1 Å². The largest absolute Gasteiger partial charge is 0.359 e. The molecule has 2 fully saturated rings. The van der Waals surface area contributed by atoms with Crippen LogP contribution >= 0.6 is 23.1 Å². The third-order valence-corrected chi connectivity index (χ3v) is 5.63. The fourth-order valence-electron chi connectivity index (χ4n) is 1.63. The van der Waals surface area contributed by atoms with Gasteiger partial charge in [-0.1, -0.05) is 11.3 Å². The summed E-state index contributed by atoms with van der Waals surface area (Å²) in [5, 5.41) is 14.1. The average molecular weight is 241 g/mol. The Kier molecular flexibility index (Phi) is 2.39. The molecule has 0 aliphatic heterocycles. The Hall–Kier alpha value is -0.290. The second kappa shape index (κ2) is 3.63. The van der Waals surface area contributed by atoms with E-state index < -0.39 is 0 Å². The Morgan fingerprint density at radius 2 is 2.27 bits per heavy atom. The van der Waals surface area contributed by atoms with Gasteiger partial charge in [-0.3, -0.25) is 0 Å². The molecule has 0 radical (unpaired) electrons. The molecule has 0 saturated heterocycles. The smallest absolute Gasteiger partial charge is 0.205 e. The molecule has 1 aromatic rings. The highest BCUT2D eigenvalue weighted by molar-refractivity contribution is 8.00. The maximum absolute atomic E-state index is 4.22. The molecule has 2 aliphatic rings. The van der Waals surface area contributed by atoms with Crippen LogP contribution in [-0.4, -0.2) is 27.7 Å². The van der Waals surface area contributed by atoms with E-state index in [9.17, 15) is 0 Å². The number of hydrogen-bond donors (Lipinski definition) is 1. The SMILES string of the molecule is CSC1(CNc2nnc(C3CC3)s2)CC1. The highest BCUT2D eigenvalue weighted by atomic mass is 32.2. The first-order chi connectivity index (χ1) is 7.31. The van der Waals surface area contributed by atoms with Crippen LogP contribution in [0.3, 0.4) is 0 Å². The van der Waals surface area contributed by atoms with Gasteiger partial charge in [0.05, 0.1) is 0 Å². The lowest BCUT2D eigenvalue weighted by molar-refractivity contribution is 0.926. The summed E-state index contributed by atoms with van der Waals surface area (Å²) in [7, 11) is 0. The molecule has 3 nitrogen and oxygen atoms in total. The molecule has 2 aliphatic carbocycles. The van der Waals surface area contributed by atoms with Crippen LogP contribution < -0.4 is 5.32 Å². The molecule has 1 heterocycles. The van der Waals surface area contributed by atoms with Crippen molar-refractivity contribution in [1.29, 1.82) is 0 Å². The van der Waals surface area contributed by atoms with E-state index in [0.717, 1.165) is 17.6 Å².